The normalized spacial score (nSPS) is 16.6. The molecule has 1 N–H and O–H groups in total. The smallest absolute Gasteiger partial charge is 0.345 e. The Morgan fingerprint density at radius 1 is 1.40 bits per heavy atom. The van der Waals surface area contributed by atoms with Crippen LogP contribution in [0.2, 0.25) is 5.02 Å². The van der Waals surface area contributed by atoms with Gasteiger partial charge in [-0.05, 0) is 29.1 Å². The number of ketones is 1. The molecule has 2 aromatic rings. The standard InChI is InChI=1S/C14H9ClO4S/c15-9-6-10-7(5-11(19-10)14(17)18)4-8(9)13(16)12-2-1-3-20-12/h1-4,6,11H,5H2,(H,17,18). The maximum absolute atomic E-state index is 12.3. The minimum absolute atomic E-state index is 0.161. The van der Waals surface area contributed by atoms with E-state index in [2.05, 4.69) is 0 Å². The Balaban J connectivity index is 1.98. The second-order valence-electron chi connectivity index (χ2n) is 4.40. The summed E-state index contributed by atoms with van der Waals surface area (Å²) in [4.78, 5) is 23.8. The van der Waals surface area contributed by atoms with E-state index in [0.717, 1.165) is 0 Å². The van der Waals surface area contributed by atoms with Crippen molar-refractivity contribution in [2.45, 2.75) is 12.5 Å². The fourth-order valence-electron chi connectivity index (χ4n) is 2.12. The van der Waals surface area contributed by atoms with E-state index < -0.39 is 12.1 Å². The minimum Gasteiger partial charge on any atom is -0.478 e. The molecule has 0 spiro atoms. The van der Waals surface area contributed by atoms with E-state index in [0.29, 0.717) is 21.8 Å². The summed E-state index contributed by atoms with van der Waals surface area (Å²) in [5.41, 5.74) is 1.07. The van der Waals surface area contributed by atoms with Crippen molar-refractivity contribution in [3.63, 3.8) is 0 Å². The summed E-state index contributed by atoms with van der Waals surface area (Å²) in [5.74, 6) is -0.750. The van der Waals surface area contributed by atoms with Crippen molar-refractivity contribution < 1.29 is 19.4 Å². The molecule has 1 atom stereocenters. The topological polar surface area (TPSA) is 63.6 Å². The van der Waals surface area contributed by atoms with Crippen LogP contribution >= 0.6 is 22.9 Å². The number of hydrogen-bond donors (Lipinski definition) is 1. The van der Waals surface area contributed by atoms with E-state index in [9.17, 15) is 9.59 Å². The molecular weight excluding hydrogens is 300 g/mol. The minimum atomic E-state index is -1.02. The van der Waals surface area contributed by atoms with Gasteiger partial charge < -0.3 is 9.84 Å². The first-order valence-electron chi connectivity index (χ1n) is 5.86. The molecule has 0 aliphatic carbocycles. The molecule has 0 fully saturated rings. The lowest BCUT2D eigenvalue weighted by atomic mass is 10.0. The molecule has 0 saturated heterocycles. The van der Waals surface area contributed by atoms with Gasteiger partial charge in [-0.15, -0.1) is 11.3 Å². The van der Waals surface area contributed by atoms with Crippen LogP contribution in [-0.2, 0) is 11.2 Å². The van der Waals surface area contributed by atoms with Crippen LogP contribution in [0.15, 0.2) is 29.6 Å². The lowest BCUT2D eigenvalue weighted by molar-refractivity contribution is -0.144. The highest BCUT2D eigenvalue weighted by molar-refractivity contribution is 7.12. The highest BCUT2D eigenvalue weighted by Crippen LogP contribution is 2.35. The van der Waals surface area contributed by atoms with Crippen molar-refractivity contribution >= 4 is 34.7 Å². The molecule has 1 aliphatic heterocycles. The number of carboxylic acids is 1. The molecule has 1 aromatic carbocycles. The van der Waals surface area contributed by atoms with Crippen LogP contribution in [0.5, 0.6) is 5.75 Å². The average molecular weight is 309 g/mol. The van der Waals surface area contributed by atoms with Gasteiger partial charge in [0.1, 0.15) is 5.75 Å². The Morgan fingerprint density at radius 2 is 2.20 bits per heavy atom. The molecule has 6 heteroatoms. The number of hydrogen-bond acceptors (Lipinski definition) is 4. The van der Waals surface area contributed by atoms with Gasteiger partial charge in [0, 0.05) is 12.0 Å². The molecule has 102 valence electrons. The van der Waals surface area contributed by atoms with Gasteiger partial charge in [0.05, 0.1) is 9.90 Å². The van der Waals surface area contributed by atoms with Crippen LogP contribution in [0.4, 0.5) is 0 Å². The zero-order valence-corrected chi connectivity index (χ0v) is 11.7. The number of fused-ring (bicyclic) bond motifs is 1. The van der Waals surface area contributed by atoms with Gasteiger partial charge in [0.2, 0.25) is 5.78 Å². The predicted octanol–water partition coefficient (Wildman–Crippen LogP) is 3.02. The number of thiophene rings is 1. The summed E-state index contributed by atoms with van der Waals surface area (Å²) in [6.45, 7) is 0. The highest BCUT2D eigenvalue weighted by atomic mass is 35.5. The fraction of sp³-hybridized carbons (Fsp3) is 0.143. The SMILES string of the molecule is O=C(c1cccs1)c1cc2c(cc1Cl)OC(C(=O)O)C2. The molecular formula is C14H9ClO4S. The van der Waals surface area contributed by atoms with E-state index in [1.165, 1.54) is 17.4 Å². The largest absolute Gasteiger partial charge is 0.478 e. The molecule has 3 rings (SSSR count). The quantitative estimate of drug-likeness (QED) is 0.885. The zero-order chi connectivity index (χ0) is 14.3. The molecule has 1 aromatic heterocycles. The average Bonchev–Trinajstić information content (AvgIpc) is 3.05. The number of halogens is 1. The Morgan fingerprint density at radius 3 is 2.85 bits per heavy atom. The number of rotatable bonds is 3. The number of aliphatic carboxylic acids is 1. The van der Waals surface area contributed by atoms with Crippen LogP contribution in [0.1, 0.15) is 20.8 Å². The Hall–Kier alpha value is -1.85. The van der Waals surface area contributed by atoms with Crippen LogP contribution in [0, 0.1) is 0 Å². The third-order valence-electron chi connectivity index (χ3n) is 3.09. The van der Waals surface area contributed by atoms with Crippen molar-refractivity contribution in [1.29, 1.82) is 0 Å². The van der Waals surface area contributed by atoms with E-state index >= 15 is 0 Å². The third kappa shape index (κ3) is 2.19. The van der Waals surface area contributed by atoms with Gasteiger partial charge >= 0.3 is 5.97 Å². The first-order chi connectivity index (χ1) is 9.56. The number of carboxylic acid groups (broad SMARTS) is 1. The maximum Gasteiger partial charge on any atom is 0.345 e. The van der Waals surface area contributed by atoms with E-state index in [4.69, 9.17) is 21.4 Å². The van der Waals surface area contributed by atoms with Crippen LogP contribution in [0.25, 0.3) is 0 Å². The molecule has 2 heterocycles. The number of carbonyl (C=O) groups is 2. The second-order valence-corrected chi connectivity index (χ2v) is 5.75. The number of carbonyl (C=O) groups excluding carboxylic acids is 1. The molecule has 0 saturated carbocycles. The lowest BCUT2D eigenvalue weighted by Crippen LogP contribution is -2.24. The Labute approximate surface area is 123 Å². The van der Waals surface area contributed by atoms with E-state index in [1.54, 1.807) is 18.2 Å². The third-order valence-corrected chi connectivity index (χ3v) is 4.27. The Kier molecular flexibility index (Phi) is 3.23. The molecule has 0 amide bonds. The van der Waals surface area contributed by atoms with E-state index in [-0.39, 0.29) is 17.2 Å². The van der Waals surface area contributed by atoms with Crippen LogP contribution in [0.3, 0.4) is 0 Å². The second kappa shape index (κ2) is 4.92. The van der Waals surface area contributed by atoms with E-state index in [1.807, 2.05) is 5.38 Å². The summed E-state index contributed by atoms with van der Waals surface area (Å²) in [6, 6.07) is 6.67. The van der Waals surface area contributed by atoms with Gasteiger partial charge in [-0.2, -0.15) is 0 Å². The summed E-state index contributed by atoms with van der Waals surface area (Å²) in [5, 5.41) is 11.0. The predicted molar refractivity (Wildman–Crippen MR) is 75.0 cm³/mol. The maximum atomic E-state index is 12.3. The molecule has 0 radical (unpaired) electrons. The zero-order valence-electron chi connectivity index (χ0n) is 10.1. The summed E-state index contributed by atoms with van der Waals surface area (Å²) in [7, 11) is 0. The van der Waals surface area contributed by atoms with Crippen molar-refractivity contribution in [3.05, 3.63) is 50.7 Å². The number of benzene rings is 1. The first-order valence-corrected chi connectivity index (χ1v) is 7.12. The lowest BCUT2D eigenvalue weighted by Gasteiger charge is -2.06. The van der Waals surface area contributed by atoms with Gasteiger partial charge in [0.25, 0.3) is 0 Å². The highest BCUT2D eigenvalue weighted by Gasteiger charge is 2.30. The van der Waals surface area contributed by atoms with Crippen molar-refractivity contribution in [2.75, 3.05) is 0 Å². The van der Waals surface area contributed by atoms with Crippen LogP contribution in [-0.4, -0.2) is 23.0 Å². The molecule has 1 aliphatic rings. The molecule has 4 nitrogen and oxygen atoms in total. The molecule has 0 bridgehead atoms. The van der Waals surface area contributed by atoms with Crippen molar-refractivity contribution in [2.24, 2.45) is 0 Å². The Bertz CT molecular complexity index is 693. The first kappa shape index (κ1) is 13.1. The van der Waals surface area contributed by atoms with Crippen molar-refractivity contribution in [3.8, 4) is 5.75 Å². The summed E-state index contributed by atoms with van der Waals surface area (Å²) in [6.07, 6.45) is -0.666. The van der Waals surface area contributed by atoms with Crippen molar-refractivity contribution in [1.82, 2.24) is 0 Å². The number of ether oxygens (including phenoxy) is 1. The van der Waals surface area contributed by atoms with Gasteiger partial charge in [-0.1, -0.05) is 17.7 Å². The van der Waals surface area contributed by atoms with Crippen LogP contribution < -0.4 is 4.74 Å². The fourth-order valence-corrected chi connectivity index (χ4v) is 3.03. The monoisotopic (exact) mass is 308 g/mol. The molecule has 1 unspecified atom stereocenters. The van der Waals surface area contributed by atoms with Gasteiger partial charge in [0.15, 0.2) is 6.10 Å². The molecule has 20 heavy (non-hydrogen) atoms. The summed E-state index contributed by atoms with van der Waals surface area (Å²) < 4.78 is 5.28. The van der Waals surface area contributed by atoms with Gasteiger partial charge in [-0.25, -0.2) is 4.79 Å². The van der Waals surface area contributed by atoms with Gasteiger partial charge in [-0.3, -0.25) is 4.79 Å². The summed E-state index contributed by atoms with van der Waals surface area (Å²) >= 11 is 7.44.